The molecule has 1 saturated carbocycles. The van der Waals surface area contributed by atoms with Gasteiger partial charge in [0.05, 0.1) is 5.69 Å². The highest BCUT2D eigenvalue weighted by Gasteiger charge is 2.30. The average Bonchev–Trinajstić information content (AvgIpc) is 3.40. The maximum absolute atomic E-state index is 12.9. The zero-order chi connectivity index (χ0) is 17.9. The Bertz CT molecular complexity index is 871. The molecular weight excluding hydrogens is 333 g/mol. The first-order chi connectivity index (χ1) is 12.7. The van der Waals surface area contributed by atoms with Crippen LogP contribution in [0.15, 0.2) is 47.1 Å². The number of ketones is 1. The largest absolute Gasteiger partial charge is 0.359 e. The van der Waals surface area contributed by atoms with Gasteiger partial charge < -0.3 is 9.51 Å². The molecule has 0 amide bonds. The lowest BCUT2D eigenvalue weighted by Crippen LogP contribution is -2.03. The van der Waals surface area contributed by atoms with Crippen LogP contribution in [0, 0.1) is 11.7 Å². The molecular formula is C20H20FN3O2. The fourth-order valence-electron chi connectivity index (χ4n) is 3.66. The second kappa shape index (κ2) is 7.23. The van der Waals surface area contributed by atoms with Crippen molar-refractivity contribution in [2.24, 2.45) is 5.92 Å². The molecule has 2 aromatic heterocycles. The zero-order valence-corrected chi connectivity index (χ0v) is 14.3. The van der Waals surface area contributed by atoms with E-state index in [1.54, 1.807) is 12.1 Å². The lowest BCUT2D eigenvalue weighted by atomic mass is 9.96. The van der Waals surface area contributed by atoms with Gasteiger partial charge in [0.25, 0.3) is 0 Å². The SMILES string of the molecule is O=C(CCC1CCC(c2nc(-c3ccc[nH]3)no2)C1)c1ccc(F)cc1. The maximum atomic E-state index is 12.9. The molecule has 0 spiro atoms. The number of hydrogen-bond donors (Lipinski definition) is 1. The van der Waals surface area contributed by atoms with Crippen LogP contribution in [-0.4, -0.2) is 20.9 Å². The Kier molecular flexibility index (Phi) is 4.65. The minimum absolute atomic E-state index is 0.0697. The molecule has 2 atom stereocenters. The molecule has 134 valence electrons. The molecule has 4 rings (SSSR count). The highest BCUT2D eigenvalue weighted by molar-refractivity contribution is 5.95. The van der Waals surface area contributed by atoms with Gasteiger partial charge >= 0.3 is 0 Å². The van der Waals surface area contributed by atoms with E-state index in [9.17, 15) is 9.18 Å². The maximum Gasteiger partial charge on any atom is 0.230 e. The number of aromatic amines is 1. The van der Waals surface area contributed by atoms with Gasteiger partial charge in [-0.15, -0.1) is 0 Å². The normalized spacial score (nSPS) is 19.7. The molecule has 26 heavy (non-hydrogen) atoms. The van der Waals surface area contributed by atoms with Crippen molar-refractivity contribution in [1.82, 2.24) is 15.1 Å². The first kappa shape index (κ1) is 16.7. The summed E-state index contributed by atoms with van der Waals surface area (Å²) >= 11 is 0. The van der Waals surface area contributed by atoms with Crippen molar-refractivity contribution in [2.75, 3.05) is 0 Å². The highest BCUT2D eigenvalue weighted by atomic mass is 19.1. The third-order valence-electron chi connectivity index (χ3n) is 5.12. The number of carbonyl (C=O) groups is 1. The van der Waals surface area contributed by atoms with Gasteiger partial charge in [-0.05, 0) is 68.0 Å². The van der Waals surface area contributed by atoms with Crippen molar-refractivity contribution in [3.8, 4) is 11.5 Å². The predicted molar refractivity (Wildman–Crippen MR) is 94.1 cm³/mol. The summed E-state index contributed by atoms with van der Waals surface area (Å²) in [4.78, 5) is 19.8. The zero-order valence-electron chi connectivity index (χ0n) is 14.3. The van der Waals surface area contributed by atoms with Crippen molar-refractivity contribution < 1.29 is 13.7 Å². The summed E-state index contributed by atoms with van der Waals surface area (Å²) in [5.41, 5.74) is 1.42. The molecule has 0 bridgehead atoms. The topological polar surface area (TPSA) is 71.8 Å². The summed E-state index contributed by atoms with van der Waals surface area (Å²) in [5.74, 6) is 1.75. The van der Waals surface area contributed by atoms with Crippen LogP contribution in [0.5, 0.6) is 0 Å². The number of nitrogens with zero attached hydrogens (tertiary/aromatic N) is 2. The van der Waals surface area contributed by atoms with Gasteiger partial charge in [-0.25, -0.2) is 4.39 Å². The summed E-state index contributed by atoms with van der Waals surface area (Å²) in [6.45, 7) is 0. The number of nitrogens with one attached hydrogen (secondary N) is 1. The molecule has 1 fully saturated rings. The number of H-pyrrole nitrogens is 1. The van der Waals surface area contributed by atoms with Crippen LogP contribution in [0.1, 0.15) is 54.3 Å². The van der Waals surface area contributed by atoms with Crippen LogP contribution in [0.3, 0.4) is 0 Å². The number of hydrogen-bond acceptors (Lipinski definition) is 4. The molecule has 1 aromatic carbocycles. The van der Waals surface area contributed by atoms with Crippen LogP contribution in [-0.2, 0) is 0 Å². The third-order valence-corrected chi connectivity index (χ3v) is 5.12. The van der Waals surface area contributed by atoms with E-state index in [2.05, 4.69) is 15.1 Å². The van der Waals surface area contributed by atoms with Crippen LogP contribution in [0.4, 0.5) is 4.39 Å². The average molecular weight is 353 g/mol. The molecule has 0 radical (unpaired) electrons. The number of halogens is 1. The highest BCUT2D eigenvalue weighted by Crippen LogP contribution is 2.40. The number of aromatic nitrogens is 3. The molecule has 2 unspecified atom stereocenters. The Balaban J connectivity index is 1.31. The van der Waals surface area contributed by atoms with Gasteiger partial charge in [0.15, 0.2) is 5.78 Å². The summed E-state index contributed by atoms with van der Waals surface area (Å²) in [6.07, 6.45) is 6.17. The van der Waals surface area contributed by atoms with Crippen molar-refractivity contribution in [2.45, 2.75) is 38.0 Å². The number of carbonyl (C=O) groups excluding carboxylic acids is 1. The minimum Gasteiger partial charge on any atom is -0.359 e. The fourth-order valence-corrected chi connectivity index (χ4v) is 3.66. The molecule has 2 heterocycles. The Hall–Kier alpha value is -2.76. The van der Waals surface area contributed by atoms with Gasteiger partial charge in [0.2, 0.25) is 11.7 Å². The summed E-state index contributed by atoms with van der Waals surface area (Å²) in [7, 11) is 0. The van der Waals surface area contributed by atoms with Crippen LogP contribution in [0.2, 0.25) is 0 Å². The van der Waals surface area contributed by atoms with Crippen molar-refractivity contribution in [3.63, 3.8) is 0 Å². The number of benzene rings is 1. The van der Waals surface area contributed by atoms with E-state index in [1.165, 1.54) is 12.1 Å². The van der Waals surface area contributed by atoms with E-state index in [0.717, 1.165) is 31.4 Å². The third kappa shape index (κ3) is 3.59. The van der Waals surface area contributed by atoms with Gasteiger partial charge in [0.1, 0.15) is 5.82 Å². The van der Waals surface area contributed by atoms with E-state index in [1.807, 2.05) is 18.3 Å². The van der Waals surface area contributed by atoms with E-state index in [-0.39, 0.29) is 17.5 Å². The van der Waals surface area contributed by atoms with Crippen LogP contribution < -0.4 is 0 Å². The van der Waals surface area contributed by atoms with Gasteiger partial charge in [-0.3, -0.25) is 4.79 Å². The quantitative estimate of drug-likeness (QED) is 0.649. The van der Waals surface area contributed by atoms with Gasteiger partial charge in [-0.1, -0.05) is 5.16 Å². The molecule has 1 aliphatic carbocycles. The first-order valence-corrected chi connectivity index (χ1v) is 8.95. The fraction of sp³-hybridized carbons (Fsp3) is 0.350. The molecule has 1 aliphatic rings. The second-order valence-electron chi connectivity index (χ2n) is 6.88. The van der Waals surface area contributed by atoms with E-state index >= 15 is 0 Å². The minimum atomic E-state index is -0.321. The summed E-state index contributed by atoms with van der Waals surface area (Å²) < 4.78 is 18.4. The number of Topliss-reactive ketones (excluding diaryl/α,β-unsaturated/α-hetero) is 1. The first-order valence-electron chi connectivity index (χ1n) is 8.95. The second-order valence-corrected chi connectivity index (χ2v) is 6.88. The Morgan fingerprint density at radius 2 is 2.08 bits per heavy atom. The van der Waals surface area contributed by atoms with E-state index in [4.69, 9.17) is 4.52 Å². The summed E-state index contributed by atoms with van der Waals surface area (Å²) in [6, 6.07) is 9.57. The van der Waals surface area contributed by atoms with E-state index < -0.39 is 0 Å². The van der Waals surface area contributed by atoms with Crippen molar-refractivity contribution >= 4 is 5.78 Å². The molecule has 0 aliphatic heterocycles. The van der Waals surface area contributed by atoms with Gasteiger partial charge in [-0.2, -0.15) is 4.98 Å². The Morgan fingerprint density at radius 3 is 2.85 bits per heavy atom. The van der Waals surface area contributed by atoms with Crippen LogP contribution >= 0.6 is 0 Å². The Labute approximate surface area is 150 Å². The molecule has 1 N–H and O–H groups in total. The molecule has 6 heteroatoms. The lowest BCUT2D eigenvalue weighted by molar-refractivity contribution is 0.0973. The number of rotatable bonds is 6. The van der Waals surface area contributed by atoms with E-state index in [0.29, 0.717) is 29.6 Å². The van der Waals surface area contributed by atoms with Gasteiger partial charge in [0, 0.05) is 24.1 Å². The Morgan fingerprint density at radius 1 is 1.23 bits per heavy atom. The molecule has 0 saturated heterocycles. The molecule has 3 aromatic rings. The van der Waals surface area contributed by atoms with Crippen LogP contribution in [0.25, 0.3) is 11.5 Å². The molecule has 5 nitrogen and oxygen atoms in total. The monoisotopic (exact) mass is 353 g/mol. The van der Waals surface area contributed by atoms with Crippen molar-refractivity contribution in [1.29, 1.82) is 0 Å². The predicted octanol–water partition coefficient (Wildman–Crippen LogP) is 4.75. The van der Waals surface area contributed by atoms with Crippen molar-refractivity contribution in [3.05, 3.63) is 59.9 Å². The smallest absolute Gasteiger partial charge is 0.230 e. The standard InChI is InChI=1S/C20H20FN3O2/c21-16-8-6-14(7-9-16)18(25)10-4-13-3-5-15(12-13)20-23-19(24-26-20)17-2-1-11-22-17/h1-2,6-9,11,13,15,22H,3-5,10,12H2. The summed E-state index contributed by atoms with van der Waals surface area (Å²) in [5, 5.41) is 4.05. The lowest BCUT2D eigenvalue weighted by Gasteiger charge is -2.08.